The van der Waals surface area contributed by atoms with Gasteiger partial charge in [0.15, 0.2) is 0 Å². The first-order valence-electron chi connectivity index (χ1n) is 8.56. The van der Waals surface area contributed by atoms with E-state index in [9.17, 15) is 14.7 Å². The zero-order chi connectivity index (χ0) is 20.3. The Morgan fingerprint density at radius 1 is 1.04 bits per heavy atom. The molecule has 0 fully saturated rings. The van der Waals surface area contributed by atoms with E-state index < -0.39 is 11.9 Å². The van der Waals surface area contributed by atoms with Crippen molar-refractivity contribution in [2.45, 2.75) is 13.8 Å². The van der Waals surface area contributed by atoms with Gasteiger partial charge in [0.05, 0.1) is 30.1 Å². The minimum Gasteiger partial charge on any atom is -0.478 e. The van der Waals surface area contributed by atoms with Gasteiger partial charge in [-0.25, -0.2) is 9.59 Å². The lowest BCUT2D eigenvalue weighted by molar-refractivity contribution is 0.0599. The number of ether oxygens (including phenoxy) is 1. The van der Waals surface area contributed by atoms with Crippen LogP contribution in [0.1, 0.15) is 37.6 Å². The zero-order valence-electron chi connectivity index (χ0n) is 15.7. The van der Waals surface area contributed by atoms with Crippen molar-refractivity contribution in [3.63, 3.8) is 0 Å². The van der Waals surface area contributed by atoms with Crippen molar-refractivity contribution in [2.75, 3.05) is 7.11 Å². The Hall–Kier alpha value is -3.67. The highest BCUT2D eigenvalue weighted by Gasteiger charge is 2.11. The molecule has 6 heteroatoms. The highest BCUT2D eigenvalue weighted by molar-refractivity contribution is 5.91. The first kappa shape index (κ1) is 19.1. The molecule has 6 nitrogen and oxygen atoms in total. The molecule has 0 aliphatic carbocycles. The van der Waals surface area contributed by atoms with Crippen LogP contribution in [0.5, 0.6) is 0 Å². The topological polar surface area (TPSA) is 89.1 Å². The number of hydrogen-bond donors (Lipinski definition) is 1. The quantitative estimate of drug-likeness (QED) is 0.510. The molecular weight excluding hydrogens is 358 g/mol. The van der Waals surface area contributed by atoms with Gasteiger partial charge in [-0.15, -0.1) is 0 Å². The minimum atomic E-state index is -0.974. The van der Waals surface area contributed by atoms with Gasteiger partial charge in [0.2, 0.25) is 0 Å². The standard InChI is InChI=1S/C22H19NO5/c1-13-4-5-15(11-18(13)21(24)25)20-9-7-17(28-20)12-23-19-8-6-16(10-14(19)2)22(26)27-3/h4-12H,1-3H3,(H,24,25). The number of carbonyl (C=O) groups excluding carboxylic acids is 1. The van der Waals surface area contributed by atoms with Crippen molar-refractivity contribution >= 4 is 23.8 Å². The third kappa shape index (κ3) is 4.01. The summed E-state index contributed by atoms with van der Waals surface area (Å²) < 4.78 is 10.5. The van der Waals surface area contributed by atoms with Crippen LogP contribution in [0, 0.1) is 13.8 Å². The lowest BCUT2D eigenvalue weighted by Crippen LogP contribution is -2.00. The number of hydrogen-bond acceptors (Lipinski definition) is 5. The predicted octanol–water partition coefficient (Wildman–Crippen LogP) is 4.80. The van der Waals surface area contributed by atoms with E-state index in [1.807, 2.05) is 13.0 Å². The zero-order valence-corrected chi connectivity index (χ0v) is 15.7. The van der Waals surface area contributed by atoms with Crippen LogP contribution in [0.3, 0.4) is 0 Å². The van der Waals surface area contributed by atoms with Crippen molar-refractivity contribution in [1.29, 1.82) is 0 Å². The van der Waals surface area contributed by atoms with Gasteiger partial charge in [-0.2, -0.15) is 0 Å². The Kier molecular flexibility index (Phi) is 5.40. The van der Waals surface area contributed by atoms with E-state index in [0.717, 1.165) is 5.56 Å². The third-order valence-electron chi connectivity index (χ3n) is 4.33. The molecule has 0 radical (unpaired) electrons. The predicted molar refractivity (Wildman–Crippen MR) is 106 cm³/mol. The highest BCUT2D eigenvalue weighted by atomic mass is 16.5. The fraction of sp³-hybridized carbons (Fsp3) is 0.136. The molecule has 1 aromatic heterocycles. The summed E-state index contributed by atoms with van der Waals surface area (Å²) in [5.74, 6) is -0.280. The van der Waals surface area contributed by atoms with E-state index in [1.165, 1.54) is 7.11 Å². The number of aromatic carboxylic acids is 1. The van der Waals surface area contributed by atoms with Gasteiger partial charge in [-0.05, 0) is 61.4 Å². The number of rotatable bonds is 5. The van der Waals surface area contributed by atoms with Crippen molar-refractivity contribution in [2.24, 2.45) is 4.99 Å². The summed E-state index contributed by atoms with van der Waals surface area (Å²) in [5, 5.41) is 9.27. The molecule has 0 unspecified atom stereocenters. The largest absolute Gasteiger partial charge is 0.478 e. The normalized spacial score (nSPS) is 11.0. The molecule has 1 N–H and O–H groups in total. The molecule has 2 aromatic carbocycles. The van der Waals surface area contributed by atoms with Crippen LogP contribution in [0.2, 0.25) is 0 Å². The maximum absolute atomic E-state index is 11.6. The van der Waals surface area contributed by atoms with Gasteiger partial charge in [0, 0.05) is 5.56 Å². The number of carboxylic acids is 1. The van der Waals surface area contributed by atoms with Crippen LogP contribution >= 0.6 is 0 Å². The first-order chi connectivity index (χ1) is 13.4. The first-order valence-corrected chi connectivity index (χ1v) is 8.56. The van der Waals surface area contributed by atoms with Crippen molar-refractivity contribution < 1.29 is 23.8 Å². The monoisotopic (exact) mass is 377 g/mol. The fourth-order valence-corrected chi connectivity index (χ4v) is 2.76. The molecule has 0 aliphatic rings. The fourth-order valence-electron chi connectivity index (χ4n) is 2.76. The van der Waals surface area contributed by atoms with Crippen molar-refractivity contribution in [1.82, 2.24) is 0 Å². The molecule has 28 heavy (non-hydrogen) atoms. The second-order valence-corrected chi connectivity index (χ2v) is 6.29. The molecule has 0 aliphatic heterocycles. The van der Waals surface area contributed by atoms with E-state index in [1.54, 1.807) is 55.6 Å². The molecular formula is C22H19NO5. The summed E-state index contributed by atoms with van der Waals surface area (Å²) in [4.78, 5) is 27.3. The number of carboxylic acid groups (broad SMARTS) is 1. The van der Waals surface area contributed by atoms with Crippen LogP contribution in [0.15, 0.2) is 57.9 Å². The molecule has 0 spiro atoms. The molecule has 0 saturated heterocycles. The van der Waals surface area contributed by atoms with E-state index in [2.05, 4.69) is 4.99 Å². The van der Waals surface area contributed by atoms with Crippen LogP contribution in [0.4, 0.5) is 5.69 Å². The van der Waals surface area contributed by atoms with Crippen molar-refractivity contribution in [3.8, 4) is 11.3 Å². The summed E-state index contributed by atoms with van der Waals surface area (Å²) >= 11 is 0. The summed E-state index contributed by atoms with van der Waals surface area (Å²) in [6.45, 7) is 3.60. The molecule has 0 atom stereocenters. The molecule has 0 bridgehead atoms. The Balaban J connectivity index is 1.83. The number of carbonyl (C=O) groups is 2. The Bertz CT molecular complexity index is 1080. The number of furan rings is 1. The maximum Gasteiger partial charge on any atom is 0.337 e. The van der Waals surface area contributed by atoms with Gasteiger partial charge < -0.3 is 14.3 Å². The Labute approximate surface area is 162 Å². The summed E-state index contributed by atoms with van der Waals surface area (Å²) in [6.07, 6.45) is 1.58. The van der Waals surface area contributed by atoms with Gasteiger partial charge >= 0.3 is 11.9 Å². The molecule has 0 saturated carbocycles. The van der Waals surface area contributed by atoms with E-state index >= 15 is 0 Å². The van der Waals surface area contributed by atoms with E-state index in [4.69, 9.17) is 9.15 Å². The van der Waals surface area contributed by atoms with Crippen LogP contribution in [-0.4, -0.2) is 30.4 Å². The maximum atomic E-state index is 11.6. The number of aryl methyl sites for hydroxylation is 2. The van der Waals surface area contributed by atoms with E-state index in [0.29, 0.717) is 33.9 Å². The van der Waals surface area contributed by atoms with Gasteiger partial charge in [-0.1, -0.05) is 12.1 Å². The number of nitrogens with zero attached hydrogens (tertiary/aromatic N) is 1. The average molecular weight is 377 g/mol. The SMILES string of the molecule is COC(=O)c1ccc(N=Cc2ccc(-c3ccc(C)c(C(=O)O)c3)o2)c(C)c1. The molecule has 1 heterocycles. The lowest BCUT2D eigenvalue weighted by Gasteiger charge is -2.03. The third-order valence-corrected chi connectivity index (χ3v) is 4.33. The van der Waals surface area contributed by atoms with E-state index in [-0.39, 0.29) is 5.56 Å². The molecule has 3 rings (SSSR count). The second-order valence-electron chi connectivity index (χ2n) is 6.29. The van der Waals surface area contributed by atoms with Crippen LogP contribution in [0.25, 0.3) is 11.3 Å². The smallest absolute Gasteiger partial charge is 0.337 e. The molecule has 0 amide bonds. The number of benzene rings is 2. The number of aliphatic imine (C=N–C) groups is 1. The number of esters is 1. The summed E-state index contributed by atoms with van der Waals surface area (Å²) in [6, 6.07) is 13.8. The van der Waals surface area contributed by atoms with Gasteiger partial charge in [0.1, 0.15) is 11.5 Å². The van der Waals surface area contributed by atoms with Crippen LogP contribution < -0.4 is 0 Å². The lowest BCUT2D eigenvalue weighted by atomic mass is 10.0. The highest BCUT2D eigenvalue weighted by Crippen LogP contribution is 2.25. The minimum absolute atomic E-state index is 0.241. The average Bonchev–Trinajstić information content (AvgIpc) is 3.15. The van der Waals surface area contributed by atoms with Crippen molar-refractivity contribution in [3.05, 3.63) is 76.5 Å². The van der Waals surface area contributed by atoms with Gasteiger partial charge in [0.25, 0.3) is 0 Å². The second kappa shape index (κ2) is 7.92. The summed E-state index contributed by atoms with van der Waals surface area (Å²) in [5.41, 5.74) is 3.61. The number of methoxy groups -OCH3 is 1. The molecule has 3 aromatic rings. The van der Waals surface area contributed by atoms with Gasteiger partial charge in [-0.3, -0.25) is 4.99 Å². The van der Waals surface area contributed by atoms with Crippen LogP contribution in [-0.2, 0) is 4.74 Å². The summed E-state index contributed by atoms with van der Waals surface area (Å²) in [7, 11) is 1.34. The molecule has 142 valence electrons. The Morgan fingerprint density at radius 2 is 1.82 bits per heavy atom. The Morgan fingerprint density at radius 3 is 2.50 bits per heavy atom.